The smallest absolute Gasteiger partial charge is 0.253 e. The second kappa shape index (κ2) is 5.86. The molecule has 7 heteroatoms. The van der Waals surface area contributed by atoms with Crippen LogP contribution in [0.15, 0.2) is 59.5 Å². The van der Waals surface area contributed by atoms with Gasteiger partial charge in [0.25, 0.3) is 10.0 Å². The first-order valence-corrected chi connectivity index (χ1v) is 8.83. The molecule has 0 saturated carbocycles. The molecule has 3 aromatic rings. The number of benzene rings is 2. The summed E-state index contributed by atoms with van der Waals surface area (Å²) >= 11 is 1.20. The van der Waals surface area contributed by atoms with Gasteiger partial charge in [0.05, 0.1) is 4.90 Å². The number of hydrogen-bond donors (Lipinski definition) is 1. The highest BCUT2D eigenvalue weighted by molar-refractivity contribution is 7.93. The summed E-state index contributed by atoms with van der Waals surface area (Å²) in [5.41, 5.74) is 1.90. The van der Waals surface area contributed by atoms with Gasteiger partial charge in [-0.1, -0.05) is 59.4 Å². The van der Waals surface area contributed by atoms with Gasteiger partial charge in [0, 0.05) is 5.56 Å². The summed E-state index contributed by atoms with van der Waals surface area (Å²) in [5.74, 6) is 0. The maximum atomic E-state index is 12.3. The van der Waals surface area contributed by atoms with Gasteiger partial charge < -0.3 is 0 Å². The van der Waals surface area contributed by atoms with E-state index in [2.05, 4.69) is 14.9 Å². The van der Waals surface area contributed by atoms with E-state index in [4.69, 9.17) is 0 Å². The Morgan fingerprint density at radius 3 is 2.32 bits per heavy atom. The minimum atomic E-state index is -3.64. The van der Waals surface area contributed by atoms with Gasteiger partial charge in [0.1, 0.15) is 5.01 Å². The van der Waals surface area contributed by atoms with Gasteiger partial charge in [-0.25, -0.2) is 8.42 Å². The third kappa shape index (κ3) is 3.15. The van der Waals surface area contributed by atoms with Crippen LogP contribution < -0.4 is 4.72 Å². The third-order valence-corrected chi connectivity index (χ3v) is 5.37. The average molecular weight is 331 g/mol. The van der Waals surface area contributed by atoms with Crippen LogP contribution in [0, 0.1) is 6.92 Å². The van der Waals surface area contributed by atoms with Crippen LogP contribution in [0.2, 0.25) is 0 Å². The van der Waals surface area contributed by atoms with Crippen LogP contribution in [-0.2, 0) is 10.0 Å². The van der Waals surface area contributed by atoms with Crippen LogP contribution >= 0.6 is 11.3 Å². The summed E-state index contributed by atoms with van der Waals surface area (Å²) < 4.78 is 27.0. The molecule has 0 atom stereocenters. The lowest BCUT2D eigenvalue weighted by Gasteiger charge is -2.04. The zero-order valence-corrected chi connectivity index (χ0v) is 13.4. The van der Waals surface area contributed by atoms with E-state index in [1.165, 1.54) is 11.3 Å². The molecule has 112 valence electrons. The summed E-state index contributed by atoms with van der Waals surface area (Å²) in [6.07, 6.45) is 0. The summed E-state index contributed by atoms with van der Waals surface area (Å²) in [5, 5.41) is 8.84. The van der Waals surface area contributed by atoms with Crippen molar-refractivity contribution in [3.63, 3.8) is 0 Å². The Hall–Kier alpha value is -2.25. The van der Waals surface area contributed by atoms with Crippen LogP contribution in [0.5, 0.6) is 0 Å². The molecule has 1 heterocycles. The summed E-state index contributed by atoms with van der Waals surface area (Å²) in [6, 6.07) is 16.1. The van der Waals surface area contributed by atoms with E-state index in [0.29, 0.717) is 5.01 Å². The maximum Gasteiger partial charge on any atom is 0.263 e. The van der Waals surface area contributed by atoms with Gasteiger partial charge in [-0.15, -0.1) is 10.2 Å². The molecule has 0 saturated heterocycles. The molecule has 0 aliphatic carbocycles. The SMILES string of the molecule is Cc1ccc(S(=O)(=O)Nc2nnc(-c3ccccc3)s2)cc1. The molecular weight excluding hydrogens is 318 g/mol. The van der Waals surface area contributed by atoms with E-state index in [9.17, 15) is 8.42 Å². The highest BCUT2D eigenvalue weighted by atomic mass is 32.2. The van der Waals surface area contributed by atoms with Crippen molar-refractivity contribution in [3.05, 3.63) is 60.2 Å². The minimum absolute atomic E-state index is 0.203. The maximum absolute atomic E-state index is 12.3. The number of rotatable bonds is 4. The molecule has 3 rings (SSSR count). The fourth-order valence-electron chi connectivity index (χ4n) is 1.85. The quantitative estimate of drug-likeness (QED) is 0.796. The zero-order chi connectivity index (χ0) is 15.6. The third-order valence-electron chi connectivity index (χ3n) is 3.00. The van der Waals surface area contributed by atoms with Crippen molar-refractivity contribution >= 4 is 26.5 Å². The molecule has 0 spiro atoms. The first kappa shape index (κ1) is 14.7. The number of anilines is 1. The molecule has 0 unspecified atom stereocenters. The van der Waals surface area contributed by atoms with E-state index >= 15 is 0 Å². The van der Waals surface area contributed by atoms with Crippen LogP contribution in [-0.4, -0.2) is 18.6 Å². The van der Waals surface area contributed by atoms with Gasteiger partial charge in [0.15, 0.2) is 0 Å². The molecule has 1 N–H and O–H groups in total. The summed E-state index contributed by atoms with van der Waals surface area (Å²) in [4.78, 5) is 0.203. The van der Waals surface area contributed by atoms with Crippen LogP contribution in [0.3, 0.4) is 0 Å². The Bertz CT molecular complexity index is 873. The van der Waals surface area contributed by atoms with Crippen molar-refractivity contribution in [1.82, 2.24) is 10.2 Å². The lowest BCUT2D eigenvalue weighted by atomic mass is 10.2. The van der Waals surface area contributed by atoms with E-state index in [1.54, 1.807) is 24.3 Å². The lowest BCUT2D eigenvalue weighted by molar-refractivity contribution is 0.601. The minimum Gasteiger partial charge on any atom is -0.253 e. The number of aromatic nitrogens is 2. The van der Waals surface area contributed by atoms with Gasteiger partial charge in [-0.05, 0) is 19.1 Å². The number of nitrogens with zero attached hydrogens (tertiary/aromatic N) is 2. The number of hydrogen-bond acceptors (Lipinski definition) is 5. The summed E-state index contributed by atoms with van der Waals surface area (Å²) in [7, 11) is -3.64. The molecule has 0 radical (unpaired) electrons. The average Bonchev–Trinajstić information content (AvgIpc) is 2.96. The second-order valence-corrected chi connectivity index (χ2v) is 7.36. The van der Waals surface area contributed by atoms with Gasteiger partial charge in [0.2, 0.25) is 5.13 Å². The second-order valence-electron chi connectivity index (χ2n) is 4.70. The number of sulfonamides is 1. The van der Waals surface area contributed by atoms with E-state index < -0.39 is 10.0 Å². The molecule has 0 aliphatic rings. The van der Waals surface area contributed by atoms with E-state index in [1.807, 2.05) is 37.3 Å². The first-order chi connectivity index (χ1) is 10.5. The van der Waals surface area contributed by atoms with Gasteiger partial charge in [-0.2, -0.15) is 0 Å². The molecule has 0 aliphatic heterocycles. The summed E-state index contributed by atoms with van der Waals surface area (Å²) in [6.45, 7) is 1.90. The number of aryl methyl sites for hydroxylation is 1. The monoisotopic (exact) mass is 331 g/mol. The van der Waals surface area contributed by atoms with Gasteiger partial charge in [-0.3, -0.25) is 4.72 Å². The highest BCUT2D eigenvalue weighted by Crippen LogP contribution is 2.27. The normalized spacial score (nSPS) is 11.3. The standard InChI is InChI=1S/C15H13N3O2S2/c1-11-7-9-13(10-8-11)22(19,20)18-15-17-16-14(21-15)12-5-3-2-4-6-12/h2-10H,1H3,(H,17,18). The van der Waals surface area contributed by atoms with E-state index in [-0.39, 0.29) is 10.0 Å². The van der Waals surface area contributed by atoms with Crippen molar-refractivity contribution in [3.8, 4) is 10.6 Å². The number of nitrogens with one attached hydrogen (secondary N) is 1. The Morgan fingerprint density at radius 2 is 1.64 bits per heavy atom. The van der Waals surface area contributed by atoms with Crippen LogP contribution in [0.1, 0.15) is 5.56 Å². The molecule has 0 bridgehead atoms. The molecular formula is C15H13N3O2S2. The molecule has 1 aromatic heterocycles. The lowest BCUT2D eigenvalue weighted by Crippen LogP contribution is -2.12. The Morgan fingerprint density at radius 1 is 0.955 bits per heavy atom. The van der Waals surface area contributed by atoms with Crippen molar-refractivity contribution in [2.75, 3.05) is 4.72 Å². The fraction of sp³-hybridized carbons (Fsp3) is 0.0667. The first-order valence-electron chi connectivity index (χ1n) is 6.53. The van der Waals surface area contributed by atoms with Crippen molar-refractivity contribution in [1.29, 1.82) is 0 Å². The molecule has 22 heavy (non-hydrogen) atoms. The predicted molar refractivity (Wildman–Crippen MR) is 87.3 cm³/mol. The topological polar surface area (TPSA) is 72.0 Å². The fourth-order valence-corrected chi connectivity index (χ4v) is 3.83. The Balaban J connectivity index is 1.84. The van der Waals surface area contributed by atoms with E-state index in [0.717, 1.165) is 11.1 Å². The molecule has 0 amide bonds. The molecule has 0 fully saturated rings. The zero-order valence-electron chi connectivity index (χ0n) is 11.7. The predicted octanol–water partition coefficient (Wildman–Crippen LogP) is 3.31. The van der Waals surface area contributed by atoms with Crippen LogP contribution in [0.25, 0.3) is 10.6 Å². The van der Waals surface area contributed by atoms with Crippen LogP contribution in [0.4, 0.5) is 5.13 Å². The highest BCUT2D eigenvalue weighted by Gasteiger charge is 2.17. The molecule has 2 aromatic carbocycles. The van der Waals surface area contributed by atoms with Crippen molar-refractivity contribution < 1.29 is 8.42 Å². The Labute approximate surface area is 132 Å². The van der Waals surface area contributed by atoms with Gasteiger partial charge >= 0.3 is 0 Å². The van der Waals surface area contributed by atoms with Crippen molar-refractivity contribution in [2.24, 2.45) is 0 Å². The van der Waals surface area contributed by atoms with Crippen molar-refractivity contribution in [2.45, 2.75) is 11.8 Å². The largest absolute Gasteiger partial charge is 0.263 e. The Kier molecular flexibility index (Phi) is 3.91. The molecule has 5 nitrogen and oxygen atoms in total.